The minimum absolute atomic E-state index is 0.632. The van der Waals surface area contributed by atoms with Gasteiger partial charge in [-0.05, 0) is 17.7 Å². The summed E-state index contributed by atoms with van der Waals surface area (Å²) in [4.78, 5) is 4.79. The lowest BCUT2D eigenvalue weighted by Crippen LogP contribution is -2.62. The van der Waals surface area contributed by atoms with Gasteiger partial charge in [-0.2, -0.15) is 0 Å². The van der Waals surface area contributed by atoms with Crippen molar-refractivity contribution in [1.29, 1.82) is 0 Å². The molecule has 0 unspecified atom stereocenters. The van der Waals surface area contributed by atoms with Crippen molar-refractivity contribution in [3.05, 3.63) is 35.4 Å². The van der Waals surface area contributed by atoms with E-state index in [1.54, 1.807) is 6.07 Å². The average Bonchev–Trinajstić information content (AvgIpc) is 2.38. The number of likely N-dealkylation sites (tertiary alicyclic amines) is 1. The van der Waals surface area contributed by atoms with Crippen LogP contribution in [0, 0.1) is 11.6 Å². The third-order valence-corrected chi connectivity index (χ3v) is 4.00. The van der Waals surface area contributed by atoms with Crippen molar-refractivity contribution in [2.45, 2.75) is 12.6 Å². The fourth-order valence-electron chi connectivity index (χ4n) is 2.85. The molecule has 3 rings (SSSR count). The first kappa shape index (κ1) is 13.0. The van der Waals surface area contributed by atoms with E-state index in [9.17, 15) is 8.78 Å². The first-order chi connectivity index (χ1) is 9.22. The molecule has 2 fully saturated rings. The molecule has 0 amide bonds. The lowest BCUT2D eigenvalue weighted by Gasteiger charge is -2.46. The van der Waals surface area contributed by atoms with Crippen LogP contribution in [-0.2, 0) is 6.54 Å². The molecule has 1 aromatic carbocycles. The molecule has 0 atom stereocenters. The smallest absolute Gasteiger partial charge is 0.159 e. The van der Waals surface area contributed by atoms with Gasteiger partial charge in [0.2, 0.25) is 0 Å². The molecule has 0 aliphatic carbocycles. The maximum absolute atomic E-state index is 13.1. The molecule has 0 spiro atoms. The van der Waals surface area contributed by atoms with Crippen LogP contribution in [0.5, 0.6) is 0 Å². The monoisotopic (exact) mass is 267 g/mol. The zero-order chi connectivity index (χ0) is 13.2. The molecule has 5 heteroatoms. The van der Waals surface area contributed by atoms with Gasteiger partial charge in [-0.3, -0.25) is 9.80 Å². The molecule has 0 aromatic heterocycles. The number of piperazine rings is 1. The molecule has 1 N–H and O–H groups in total. The van der Waals surface area contributed by atoms with E-state index in [0.29, 0.717) is 12.6 Å². The summed E-state index contributed by atoms with van der Waals surface area (Å²) in [6, 6.07) is 4.80. The topological polar surface area (TPSA) is 18.5 Å². The molecule has 0 radical (unpaired) electrons. The highest BCUT2D eigenvalue weighted by atomic mass is 19.2. The Morgan fingerprint density at radius 1 is 1.11 bits per heavy atom. The van der Waals surface area contributed by atoms with Crippen LogP contribution in [0.25, 0.3) is 0 Å². The standard InChI is InChI=1S/C14H19F2N3/c15-13-2-1-11(7-14(13)16)8-18-9-12(10-18)19-5-3-17-4-6-19/h1-2,7,12,17H,3-6,8-10H2. The normalized spacial score (nSPS) is 22.4. The van der Waals surface area contributed by atoms with Gasteiger partial charge >= 0.3 is 0 Å². The second kappa shape index (κ2) is 5.53. The first-order valence-corrected chi connectivity index (χ1v) is 6.83. The number of benzene rings is 1. The Bertz CT molecular complexity index is 440. The van der Waals surface area contributed by atoms with Gasteiger partial charge in [0.25, 0.3) is 0 Å². The van der Waals surface area contributed by atoms with Crippen molar-refractivity contribution in [1.82, 2.24) is 15.1 Å². The highest BCUT2D eigenvalue weighted by molar-refractivity contribution is 5.18. The quantitative estimate of drug-likeness (QED) is 0.883. The summed E-state index contributed by atoms with van der Waals surface area (Å²) in [7, 11) is 0. The van der Waals surface area contributed by atoms with Crippen molar-refractivity contribution in [2.24, 2.45) is 0 Å². The predicted octanol–water partition coefficient (Wildman–Crippen LogP) is 1.05. The van der Waals surface area contributed by atoms with Crippen molar-refractivity contribution in [3.63, 3.8) is 0 Å². The molecule has 0 saturated carbocycles. The summed E-state index contributed by atoms with van der Waals surface area (Å²) in [5.41, 5.74) is 0.845. The Morgan fingerprint density at radius 3 is 2.53 bits per heavy atom. The van der Waals surface area contributed by atoms with E-state index in [1.165, 1.54) is 12.1 Å². The van der Waals surface area contributed by atoms with Crippen LogP contribution < -0.4 is 5.32 Å². The molecule has 2 aliphatic rings. The van der Waals surface area contributed by atoms with Gasteiger partial charge in [-0.25, -0.2) is 8.78 Å². The maximum Gasteiger partial charge on any atom is 0.159 e. The van der Waals surface area contributed by atoms with E-state index in [1.807, 2.05) is 0 Å². The fraction of sp³-hybridized carbons (Fsp3) is 0.571. The lowest BCUT2D eigenvalue weighted by molar-refractivity contribution is 0.0222. The SMILES string of the molecule is Fc1ccc(CN2CC(N3CCNCC3)C2)cc1F. The number of halogens is 2. The van der Waals surface area contributed by atoms with E-state index in [0.717, 1.165) is 44.8 Å². The molecule has 19 heavy (non-hydrogen) atoms. The average molecular weight is 267 g/mol. The van der Waals surface area contributed by atoms with Gasteiger partial charge in [0.1, 0.15) is 0 Å². The summed E-state index contributed by atoms with van der Waals surface area (Å²) >= 11 is 0. The van der Waals surface area contributed by atoms with Crippen molar-refractivity contribution in [3.8, 4) is 0 Å². The van der Waals surface area contributed by atoms with E-state index < -0.39 is 11.6 Å². The molecule has 2 saturated heterocycles. The number of hydrogen-bond acceptors (Lipinski definition) is 3. The van der Waals surface area contributed by atoms with Gasteiger partial charge in [0, 0.05) is 51.9 Å². The van der Waals surface area contributed by atoms with Crippen LogP contribution in [0.2, 0.25) is 0 Å². The summed E-state index contributed by atoms with van der Waals surface area (Å²) in [5, 5.41) is 3.35. The minimum Gasteiger partial charge on any atom is -0.314 e. The van der Waals surface area contributed by atoms with Gasteiger partial charge in [-0.15, -0.1) is 0 Å². The van der Waals surface area contributed by atoms with Crippen molar-refractivity contribution >= 4 is 0 Å². The van der Waals surface area contributed by atoms with Crippen LogP contribution in [0.3, 0.4) is 0 Å². The Labute approximate surface area is 112 Å². The van der Waals surface area contributed by atoms with E-state index >= 15 is 0 Å². The summed E-state index contributed by atoms with van der Waals surface area (Å²) in [5.74, 6) is -1.53. The molecular weight excluding hydrogens is 248 g/mol. The Morgan fingerprint density at radius 2 is 1.84 bits per heavy atom. The number of nitrogens with one attached hydrogen (secondary N) is 1. The van der Waals surface area contributed by atoms with Crippen LogP contribution in [-0.4, -0.2) is 55.1 Å². The van der Waals surface area contributed by atoms with Gasteiger partial charge in [-0.1, -0.05) is 6.07 Å². The van der Waals surface area contributed by atoms with E-state index in [2.05, 4.69) is 15.1 Å². The number of nitrogens with zero attached hydrogens (tertiary/aromatic N) is 2. The zero-order valence-corrected chi connectivity index (χ0v) is 10.9. The highest BCUT2D eigenvalue weighted by Gasteiger charge is 2.32. The Hall–Kier alpha value is -1.04. The molecule has 1 aromatic rings. The van der Waals surface area contributed by atoms with E-state index in [-0.39, 0.29) is 0 Å². The summed E-state index contributed by atoms with van der Waals surface area (Å²) in [6.45, 7) is 7.13. The zero-order valence-electron chi connectivity index (χ0n) is 10.9. The van der Waals surface area contributed by atoms with Crippen molar-refractivity contribution < 1.29 is 8.78 Å². The molecule has 0 bridgehead atoms. The Kier molecular flexibility index (Phi) is 3.77. The summed E-state index contributed by atoms with van der Waals surface area (Å²) in [6.07, 6.45) is 0. The van der Waals surface area contributed by atoms with Crippen LogP contribution in [0.4, 0.5) is 8.78 Å². The van der Waals surface area contributed by atoms with Gasteiger partial charge in [0.05, 0.1) is 0 Å². The van der Waals surface area contributed by atoms with Crippen molar-refractivity contribution in [2.75, 3.05) is 39.3 Å². The largest absolute Gasteiger partial charge is 0.314 e. The first-order valence-electron chi connectivity index (χ1n) is 6.83. The Balaban J connectivity index is 1.49. The second-order valence-electron chi connectivity index (χ2n) is 5.38. The lowest BCUT2D eigenvalue weighted by atomic mass is 10.0. The van der Waals surface area contributed by atoms with Crippen LogP contribution in [0.1, 0.15) is 5.56 Å². The highest BCUT2D eigenvalue weighted by Crippen LogP contribution is 2.19. The minimum atomic E-state index is -0.772. The molecule has 2 aliphatic heterocycles. The third kappa shape index (κ3) is 2.94. The van der Waals surface area contributed by atoms with Gasteiger partial charge in [0.15, 0.2) is 11.6 Å². The number of hydrogen-bond donors (Lipinski definition) is 1. The van der Waals surface area contributed by atoms with Crippen LogP contribution >= 0.6 is 0 Å². The molecule has 104 valence electrons. The molecular formula is C14H19F2N3. The molecule has 2 heterocycles. The van der Waals surface area contributed by atoms with E-state index in [4.69, 9.17) is 0 Å². The van der Waals surface area contributed by atoms with Gasteiger partial charge < -0.3 is 5.32 Å². The fourth-order valence-corrected chi connectivity index (χ4v) is 2.85. The molecule has 3 nitrogen and oxygen atoms in total. The summed E-state index contributed by atoms with van der Waals surface area (Å²) < 4.78 is 25.9. The second-order valence-corrected chi connectivity index (χ2v) is 5.38. The van der Waals surface area contributed by atoms with Crippen LogP contribution in [0.15, 0.2) is 18.2 Å². The third-order valence-electron chi connectivity index (χ3n) is 4.00. The predicted molar refractivity (Wildman–Crippen MR) is 69.9 cm³/mol. The maximum atomic E-state index is 13.1. The number of rotatable bonds is 3.